The number of methoxy groups -OCH3 is 1. The summed E-state index contributed by atoms with van der Waals surface area (Å²) >= 11 is 0. The third kappa shape index (κ3) is 5.99. The van der Waals surface area contributed by atoms with Gasteiger partial charge in [-0.1, -0.05) is 12.1 Å². The molecule has 146 valence electrons. The van der Waals surface area contributed by atoms with Crippen LogP contribution in [0.25, 0.3) is 0 Å². The molecule has 0 spiro atoms. The molecule has 2 N–H and O–H groups in total. The van der Waals surface area contributed by atoms with E-state index in [1.807, 2.05) is 26.0 Å². The van der Waals surface area contributed by atoms with Crippen molar-refractivity contribution in [3.8, 4) is 5.75 Å². The van der Waals surface area contributed by atoms with Crippen LogP contribution in [0.1, 0.15) is 45.6 Å². The lowest BCUT2D eigenvalue weighted by atomic mass is 9.78. The van der Waals surface area contributed by atoms with Gasteiger partial charge in [-0.05, 0) is 77.2 Å². The van der Waals surface area contributed by atoms with Crippen molar-refractivity contribution in [1.82, 2.24) is 10.6 Å². The number of benzene rings is 1. The van der Waals surface area contributed by atoms with E-state index in [0.717, 1.165) is 44.5 Å². The highest BCUT2D eigenvalue weighted by Crippen LogP contribution is 2.29. The van der Waals surface area contributed by atoms with Crippen LogP contribution in [0.2, 0.25) is 0 Å². The molecule has 1 aliphatic rings. The third-order valence-corrected chi connectivity index (χ3v) is 5.00. The Balaban J connectivity index is 1.83. The molecule has 0 aromatic heterocycles. The Morgan fingerprint density at radius 1 is 1.19 bits per heavy atom. The van der Waals surface area contributed by atoms with Crippen molar-refractivity contribution in [3.05, 3.63) is 29.8 Å². The van der Waals surface area contributed by atoms with Gasteiger partial charge in [0.2, 0.25) is 5.91 Å². The number of nitrogens with one attached hydrogen (secondary N) is 2. The number of hydrogen-bond donors (Lipinski definition) is 2. The SMILES string of the molecule is COCC1(C(=O)NC(C)CCc2ccc(OC(C)C)cc2)CCNCC1. The predicted molar refractivity (Wildman–Crippen MR) is 105 cm³/mol. The van der Waals surface area contributed by atoms with E-state index in [9.17, 15) is 4.79 Å². The highest BCUT2D eigenvalue weighted by atomic mass is 16.5. The minimum Gasteiger partial charge on any atom is -0.491 e. The van der Waals surface area contributed by atoms with Crippen molar-refractivity contribution in [2.75, 3.05) is 26.8 Å². The summed E-state index contributed by atoms with van der Waals surface area (Å²) in [6.07, 6.45) is 3.69. The summed E-state index contributed by atoms with van der Waals surface area (Å²) in [5, 5.41) is 6.53. The lowest BCUT2D eigenvalue weighted by molar-refractivity contribution is -0.136. The summed E-state index contributed by atoms with van der Waals surface area (Å²) < 4.78 is 11.0. The van der Waals surface area contributed by atoms with Crippen molar-refractivity contribution < 1.29 is 14.3 Å². The van der Waals surface area contributed by atoms with Crippen LogP contribution in [0.3, 0.4) is 0 Å². The molecule has 0 bridgehead atoms. The maximum absolute atomic E-state index is 12.8. The van der Waals surface area contributed by atoms with Crippen LogP contribution < -0.4 is 15.4 Å². The smallest absolute Gasteiger partial charge is 0.228 e. The van der Waals surface area contributed by atoms with Gasteiger partial charge in [0, 0.05) is 13.2 Å². The molecule has 1 amide bonds. The van der Waals surface area contributed by atoms with E-state index in [-0.39, 0.29) is 23.5 Å². The lowest BCUT2D eigenvalue weighted by Gasteiger charge is -2.36. The van der Waals surface area contributed by atoms with Crippen LogP contribution in [-0.4, -0.2) is 44.9 Å². The highest BCUT2D eigenvalue weighted by molar-refractivity contribution is 5.83. The van der Waals surface area contributed by atoms with Crippen LogP contribution in [0.5, 0.6) is 5.75 Å². The van der Waals surface area contributed by atoms with Crippen molar-refractivity contribution in [2.45, 2.75) is 58.6 Å². The Hall–Kier alpha value is -1.59. The van der Waals surface area contributed by atoms with Crippen molar-refractivity contribution >= 4 is 5.91 Å². The van der Waals surface area contributed by atoms with E-state index in [1.54, 1.807) is 7.11 Å². The zero-order valence-corrected chi connectivity index (χ0v) is 16.6. The summed E-state index contributed by atoms with van der Waals surface area (Å²) in [4.78, 5) is 12.8. The topological polar surface area (TPSA) is 59.6 Å². The number of piperidine rings is 1. The first-order chi connectivity index (χ1) is 12.4. The van der Waals surface area contributed by atoms with Crippen molar-refractivity contribution in [1.29, 1.82) is 0 Å². The number of rotatable bonds is 9. The number of ether oxygens (including phenoxy) is 2. The van der Waals surface area contributed by atoms with Gasteiger partial charge in [0.05, 0.1) is 18.1 Å². The average Bonchev–Trinajstić information content (AvgIpc) is 2.61. The van der Waals surface area contributed by atoms with Gasteiger partial charge in [-0.25, -0.2) is 0 Å². The van der Waals surface area contributed by atoms with Gasteiger partial charge in [0.1, 0.15) is 5.75 Å². The molecule has 1 heterocycles. The van der Waals surface area contributed by atoms with Crippen LogP contribution in [0.15, 0.2) is 24.3 Å². The van der Waals surface area contributed by atoms with Gasteiger partial charge in [-0.2, -0.15) is 0 Å². The normalized spacial score (nSPS) is 17.7. The molecule has 0 radical (unpaired) electrons. The van der Waals surface area contributed by atoms with Crippen LogP contribution in [-0.2, 0) is 16.0 Å². The van der Waals surface area contributed by atoms with Gasteiger partial charge >= 0.3 is 0 Å². The highest BCUT2D eigenvalue weighted by Gasteiger charge is 2.39. The molecular formula is C21H34N2O3. The number of aryl methyl sites for hydroxylation is 1. The minimum atomic E-state index is -0.385. The molecule has 1 aromatic rings. The molecule has 0 aliphatic carbocycles. The van der Waals surface area contributed by atoms with Crippen molar-refractivity contribution in [3.63, 3.8) is 0 Å². The quantitative estimate of drug-likeness (QED) is 0.709. The van der Waals surface area contributed by atoms with Gasteiger partial charge in [-0.3, -0.25) is 4.79 Å². The monoisotopic (exact) mass is 362 g/mol. The summed E-state index contributed by atoms with van der Waals surface area (Å²) in [6.45, 7) is 8.36. The fourth-order valence-electron chi connectivity index (χ4n) is 3.46. The first kappa shape index (κ1) is 20.7. The van der Waals surface area contributed by atoms with E-state index < -0.39 is 0 Å². The molecule has 1 saturated heterocycles. The molecule has 5 nitrogen and oxygen atoms in total. The second-order valence-corrected chi connectivity index (χ2v) is 7.69. The lowest BCUT2D eigenvalue weighted by Crippen LogP contribution is -2.52. The Kier molecular flexibility index (Phi) is 7.91. The molecule has 1 fully saturated rings. The first-order valence-corrected chi connectivity index (χ1v) is 9.71. The summed E-state index contributed by atoms with van der Waals surface area (Å²) in [6, 6.07) is 8.37. The number of amides is 1. The summed E-state index contributed by atoms with van der Waals surface area (Å²) in [5.41, 5.74) is 0.875. The molecular weight excluding hydrogens is 328 g/mol. The van der Waals surface area contributed by atoms with Gasteiger partial charge < -0.3 is 20.1 Å². The molecule has 1 aliphatic heterocycles. The Morgan fingerprint density at radius 2 is 1.85 bits per heavy atom. The fraction of sp³-hybridized carbons (Fsp3) is 0.667. The van der Waals surface area contributed by atoms with E-state index in [2.05, 4.69) is 29.7 Å². The molecule has 1 unspecified atom stereocenters. The van der Waals surface area contributed by atoms with E-state index >= 15 is 0 Å². The zero-order valence-electron chi connectivity index (χ0n) is 16.6. The van der Waals surface area contributed by atoms with E-state index in [0.29, 0.717) is 6.61 Å². The Morgan fingerprint density at radius 3 is 2.42 bits per heavy atom. The standard InChI is InChI=1S/C21H34N2O3/c1-16(2)26-19-9-7-18(8-10-19)6-5-17(3)23-20(24)21(15-25-4)11-13-22-14-12-21/h7-10,16-17,22H,5-6,11-15H2,1-4H3,(H,23,24). The molecule has 5 heteroatoms. The molecule has 2 rings (SSSR count). The fourth-order valence-corrected chi connectivity index (χ4v) is 3.46. The average molecular weight is 363 g/mol. The van der Waals surface area contributed by atoms with Gasteiger partial charge in [0.25, 0.3) is 0 Å². The van der Waals surface area contributed by atoms with E-state index in [1.165, 1.54) is 5.56 Å². The Labute approximate surface area is 157 Å². The third-order valence-electron chi connectivity index (χ3n) is 5.00. The van der Waals surface area contributed by atoms with E-state index in [4.69, 9.17) is 9.47 Å². The van der Waals surface area contributed by atoms with Crippen LogP contribution >= 0.6 is 0 Å². The number of carbonyl (C=O) groups is 1. The second kappa shape index (κ2) is 9.93. The maximum Gasteiger partial charge on any atom is 0.228 e. The maximum atomic E-state index is 12.8. The molecule has 0 saturated carbocycles. The largest absolute Gasteiger partial charge is 0.491 e. The van der Waals surface area contributed by atoms with Gasteiger partial charge in [-0.15, -0.1) is 0 Å². The molecule has 26 heavy (non-hydrogen) atoms. The number of carbonyl (C=O) groups excluding carboxylic acids is 1. The summed E-state index contributed by atoms with van der Waals surface area (Å²) in [7, 11) is 1.67. The van der Waals surface area contributed by atoms with Crippen LogP contribution in [0.4, 0.5) is 0 Å². The van der Waals surface area contributed by atoms with Crippen molar-refractivity contribution in [2.24, 2.45) is 5.41 Å². The van der Waals surface area contributed by atoms with Gasteiger partial charge in [0.15, 0.2) is 0 Å². The second-order valence-electron chi connectivity index (χ2n) is 7.69. The molecule has 1 atom stereocenters. The Bertz CT molecular complexity index is 545. The molecule has 1 aromatic carbocycles. The predicted octanol–water partition coefficient (Wildman–Crippen LogP) is 2.93. The first-order valence-electron chi connectivity index (χ1n) is 9.71. The minimum absolute atomic E-state index is 0.133. The zero-order chi connectivity index (χ0) is 19.0. The number of hydrogen-bond acceptors (Lipinski definition) is 4. The summed E-state index contributed by atoms with van der Waals surface area (Å²) in [5.74, 6) is 1.03. The van der Waals surface area contributed by atoms with Crippen LogP contribution in [0, 0.1) is 5.41 Å².